The lowest BCUT2D eigenvalue weighted by atomic mass is 9.70. The summed E-state index contributed by atoms with van der Waals surface area (Å²) in [5, 5.41) is 37.0. The van der Waals surface area contributed by atoms with Crippen LogP contribution in [0, 0.1) is 5.41 Å². The molecule has 0 aliphatic carbocycles. The summed E-state index contributed by atoms with van der Waals surface area (Å²) in [5.41, 5.74) is 1.01. The Bertz CT molecular complexity index is 828. The molecular weight excluding hydrogens is 516 g/mol. The molecule has 0 aliphatic rings. The molecule has 0 heterocycles. The molecule has 0 aliphatic heterocycles. The van der Waals surface area contributed by atoms with Crippen molar-refractivity contribution in [2.45, 2.75) is 130 Å². The van der Waals surface area contributed by atoms with Gasteiger partial charge in [0.25, 0.3) is 0 Å². The molecule has 232 valence electrons. The van der Waals surface area contributed by atoms with E-state index < -0.39 is 11.9 Å². The fraction of sp³-hybridized carbons (Fsp3) is 0.600. The summed E-state index contributed by atoms with van der Waals surface area (Å²) in [6, 6.07) is 16.6. The Labute approximate surface area is 248 Å². The highest BCUT2D eigenvalue weighted by Crippen LogP contribution is 2.41. The maximum absolute atomic E-state index is 10.6. The highest BCUT2D eigenvalue weighted by atomic mass is 16.4. The average Bonchev–Trinajstić information content (AvgIpc) is 2.99. The molecule has 6 nitrogen and oxygen atoms in total. The van der Waals surface area contributed by atoms with Crippen LogP contribution in [0.1, 0.15) is 138 Å². The number of aromatic carboxylic acids is 2. The molecule has 2 rings (SSSR count). The third kappa shape index (κ3) is 19.1. The van der Waals surface area contributed by atoms with Gasteiger partial charge in [0, 0.05) is 0 Å². The van der Waals surface area contributed by atoms with Crippen LogP contribution in [0.4, 0.5) is 0 Å². The minimum absolute atomic E-state index is 0.188. The van der Waals surface area contributed by atoms with E-state index in [0.717, 1.165) is 32.1 Å². The summed E-state index contributed by atoms with van der Waals surface area (Å²) in [6.45, 7) is 8.83. The van der Waals surface area contributed by atoms with E-state index in [-0.39, 0.29) is 12.2 Å². The van der Waals surface area contributed by atoms with Gasteiger partial charge >= 0.3 is 11.9 Å². The highest BCUT2D eigenvalue weighted by molar-refractivity contribution is 5.87. The summed E-state index contributed by atoms with van der Waals surface area (Å²) in [4.78, 5) is 20.4. The van der Waals surface area contributed by atoms with Gasteiger partial charge in [-0.25, -0.2) is 9.59 Å². The number of hydrogen-bond donors (Lipinski definition) is 4. The average molecular weight is 573 g/mol. The van der Waals surface area contributed by atoms with Crippen molar-refractivity contribution in [2.75, 3.05) is 0 Å². The molecule has 4 N–H and O–H groups in total. The monoisotopic (exact) mass is 572 g/mol. The predicted molar refractivity (Wildman–Crippen MR) is 169 cm³/mol. The summed E-state index contributed by atoms with van der Waals surface area (Å²) in [6.07, 6.45) is 15.5. The van der Waals surface area contributed by atoms with Crippen LogP contribution in [0.25, 0.3) is 0 Å². The minimum atomic E-state index is -0.879. The fourth-order valence-electron chi connectivity index (χ4n) is 4.89. The first-order valence-corrected chi connectivity index (χ1v) is 15.6. The first-order valence-electron chi connectivity index (χ1n) is 15.6. The molecule has 0 bridgehead atoms. The molecule has 2 atom stereocenters. The van der Waals surface area contributed by atoms with Crippen molar-refractivity contribution >= 4 is 11.9 Å². The quantitative estimate of drug-likeness (QED) is 0.142. The number of unbranched alkanes of at least 4 members (excludes halogenated alkanes) is 3. The summed E-state index contributed by atoms with van der Waals surface area (Å²) < 4.78 is 0. The second-order valence-electron chi connectivity index (χ2n) is 11.0. The van der Waals surface area contributed by atoms with Crippen LogP contribution in [-0.4, -0.2) is 44.6 Å². The Balaban J connectivity index is 0.000000714. The molecule has 6 heteroatoms. The first-order chi connectivity index (χ1) is 19.6. The van der Waals surface area contributed by atoms with E-state index in [2.05, 4.69) is 20.8 Å². The van der Waals surface area contributed by atoms with E-state index in [1.807, 2.05) is 6.92 Å². The molecular formula is C35H56O6. The molecule has 2 unspecified atom stereocenters. The van der Waals surface area contributed by atoms with Crippen molar-refractivity contribution in [2.24, 2.45) is 5.41 Å². The van der Waals surface area contributed by atoms with Crippen LogP contribution in [0.3, 0.4) is 0 Å². The van der Waals surface area contributed by atoms with Crippen LogP contribution in [0.2, 0.25) is 0 Å². The number of aliphatic hydroxyl groups is 2. The van der Waals surface area contributed by atoms with Crippen molar-refractivity contribution < 1.29 is 30.0 Å². The predicted octanol–water partition coefficient (Wildman–Crippen LogP) is 9.01. The largest absolute Gasteiger partial charge is 0.478 e. The fourth-order valence-corrected chi connectivity index (χ4v) is 4.89. The maximum Gasteiger partial charge on any atom is 0.335 e. The smallest absolute Gasteiger partial charge is 0.335 e. The van der Waals surface area contributed by atoms with Gasteiger partial charge < -0.3 is 20.4 Å². The van der Waals surface area contributed by atoms with Gasteiger partial charge in [0.1, 0.15) is 0 Å². The lowest BCUT2D eigenvalue weighted by molar-refractivity contribution is 0.0615. The number of carboxylic acids is 2. The van der Waals surface area contributed by atoms with Gasteiger partial charge in [-0.05, 0) is 81.0 Å². The molecule has 2 aromatic carbocycles. The Hall–Kier alpha value is -2.70. The molecule has 0 amide bonds. The molecule has 0 radical (unpaired) electrons. The van der Waals surface area contributed by atoms with Gasteiger partial charge in [0.05, 0.1) is 23.3 Å². The highest BCUT2D eigenvalue weighted by Gasteiger charge is 2.30. The van der Waals surface area contributed by atoms with Gasteiger partial charge in [0.2, 0.25) is 0 Å². The minimum Gasteiger partial charge on any atom is -0.478 e. The van der Waals surface area contributed by atoms with E-state index in [0.29, 0.717) is 16.5 Å². The second-order valence-corrected chi connectivity index (χ2v) is 11.0. The van der Waals surface area contributed by atoms with Gasteiger partial charge in [-0.15, -0.1) is 0 Å². The van der Waals surface area contributed by atoms with E-state index in [1.165, 1.54) is 57.8 Å². The van der Waals surface area contributed by atoms with E-state index in [9.17, 15) is 19.8 Å². The normalized spacial score (nSPS) is 12.2. The van der Waals surface area contributed by atoms with Crippen molar-refractivity contribution in [3.8, 4) is 0 Å². The van der Waals surface area contributed by atoms with Crippen molar-refractivity contribution in [1.82, 2.24) is 0 Å². The second kappa shape index (κ2) is 24.0. The van der Waals surface area contributed by atoms with Crippen LogP contribution >= 0.6 is 0 Å². The summed E-state index contributed by atoms with van der Waals surface area (Å²) in [5.74, 6) is -1.76. The molecule has 0 saturated carbocycles. The number of hydrogen-bond acceptors (Lipinski definition) is 4. The maximum atomic E-state index is 10.6. The Morgan fingerprint density at radius 1 is 0.610 bits per heavy atom. The lowest BCUT2D eigenvalue weighted by Gasteiger charge is -2.36. The number of rotatable bonds is 18. The molecule has 2 aromatic rings. The molecule has 0 saturated heterocycles. The number of aliphatic hydroxyl groups excluding tert-OH is 2. The van der Waals surface area contributed by atoms with Crippen LogP contribution in [0.15, 0.2) is 60.7 Å². The van der Waals surface area contributed by atoms with Gasteiger partial charge in [-0.1, -0.05) is 103 Å². The van der Waals surface area contributed by atoms with E-state index >= 15 is 0 Å². The molecule has 0 spiro atoms. The third-order valence-electron chi connectivity index (χ3n) is 7.44. The zero-order valence-corrected chi connectivity index (χ0v) is 25.9. The molecule has 0 fully saturated rings. The van der Waals surface area contributed by atoms with Crippen LogP contribution < -0.4 is 0 Å². The van der Waals surface area contributed by atoms with Crippen molar-refractivity contribution in [3.05, 3.63) is 71.8 Å². The third-order valence-corrected chi connectivity index (χ3v) is 7.44. The van der Waals surface area contributed by atoms with Gasteiger partial charge in [0.15, 0.2) is 0 Å². The van der Waals surface area contributed by atoms with E-state index in [4.69, 9.17) is 10.2 Å². The first kappa shape index (κ1) is 38.3. The Morgan fingerprint density at radius 3 is 1.27 bits per heavy atom. The van der Waals surface area contributed by atoms with E-state index in [1.54, 1.807) is 60.7 Å². The van der Waals surface area contributed by atoms with Crippen LogP contribution in [0.5, 0.6) is 0 Å². The number of carboxylic acid groups (broad SMARTS) is 2. The Kier molecular flexibility index (Phi) is 22.4. The van der Waals surface area contributed by atoms with Crippen LogP contribution in [-0.2, 0) is 0 Å². The zero-order chi connectivity index (χ0) is 30.9. The Morgan fingerprint density at radius 2 is 0.976 bits per heavy atom. The number of benzene rings is 2. The summed E-state index contributed by atoms with van der Waals surface area (Å²) in [7, 11) is 0. The van der Waals surface area contributed by atoms with Gasteiger partial charge in [-0.2, -0.15) is 0 Å². The topological polar surface area (TPSA) is 115 Å². The molecule has 41 heavy (non-hydrogen) atoms. The van der Waals surface area contributed by atoms with Gasteiger partial charge in [-0.3, -0.25) is 0 Å². The lowest BCUT2D eigenvalue weighted by Crippen LogP contribution is -2.27. The van der Waals surface area contributed by atoms with Crippen molar-refractivity contribution in [3.63, 3.8) is 0 Å². The van der Waals surface area contributed by atoms with Crippen molar-refractivity contribution in [1.29, 1.82) is 0 Å². The SMILES string of the molecule is CCCCC(CCCC)(CCCC)CC(O)CCCC(O)CC.O=C(O)c1ccccc1.O=C(O)c1ccccc1. The summed E-state index contributed by atoms with van der Waals surface area (Å²) >= 11 is 0. The number of carbonyl (C=O) groups is 2. The zero-order valence-electron chi connectivity index (χ0n) is 25.9. The standard InChI is InChI=1S/C21H44O2.2C7H6O2/c1-5-9-15-21(16-10-6-2,17-11-7-3)18-20(23)14-12-13-19(22)8-4;2*8-7(9)6-4-2-1-3-5-6/h19-20,22-23H,5-18H2,1-4H3;2*1-5H,(H,8,9). The molecule has 0 aromatic heterocycles.